The van der Waals surface area contributed by atoms with Crippen molar-refractivity contribution in [2.45, 2.75) is 52.2 Å². The zero-order valence-electron chi connectivity index (χ0n) is 16.9. The Morgan fingerprint density at radius 2 is 1.81 bits per heavy atom. The summed E-state index contributed by atoms with van der Waals surface area (Å²) in [4.78, 5) is 30.6. The Morgan fingerprint density at radius 1 is 1.19 bits per heavy atom. The number of nitrogens with zero attached hydrogens (tertiary/aromatic N) is 3. The Kier molecular flexibility index (Phi) is 6.16. The van der Waals surface area contributed by atoms with Crippen LogP contribution in [0.4, 0.5) is 5.69 Å². The summed E-state index contributed by atoms with van der Waals surface area (Å²) in [5, 5.41) is 0. The molecule has 0 N–H and O–H groups in total. The Labute approximate surface area is 156 Å². The Hall–Kier alpha value is -2.24. The molecule has 0 unspecified atom stereocenters. The van der Waals surface area contributed by atoms with Crippen LogP contribution in [-0.4, -0.2) is 67.5 Å². The number of likely N-dealkylation sites (N-methyl/N-ethyl adjacent to an activating group) is 1. The van der Waals surface area contributed by atoms with Crippen molar-refractivity contribution in [1.29, 1.82) is 0 Å². The topological polar surface area (TPSA) is 53.1 Å². The number of fused-ring (bicyclic) bond motifs is 1. The fraction of sp³-hybridized carbons (Fsp3) is 0.600. The van der Waals surface area contributed by atoms with Gasteiger partial charge in [0, 0.05) is 38.8 Å². The van der Waals surface area contributed by atoms with Gasteiger partial charge >= 0.3 is 0 Å². The molecule has 6 nitrogen and oxygen atoms in total. The first-order valence-corrected chi connectivity index (χ1v) is 9.16. The Morgan fingerprint density at radius 3 is 2.35 bits per heavy atom. The molecule has 0 fully saturated rings. The van der Waals surface area contributed by atoms with Crippen LogP contribution in [0, 0.1) is 0 Å². The average Bonchev–Trinajstić information content (AvgIpc) is 2.55. The van der Waals surface area contributed by atoms with E-state index in [1.807, 2.05) is 51.8 Å². The molecule has 1 atom stereocenters. The lowest BCUT2D eigenvalue weighted by atomic mass is 10.1. The summed E-state index contributed by atoms with van der Waals surface area (Å²) < 4.78 is 5.87. The van der Waals surface area contributed by atoms with E-state index >= 15 is 0 Å². The van der Waals surface area contributed by atoms with Gasteiger partial charge < -0.3 is 19.4 Å². The number of carbonyl (C=O) groups excluding carboxylic acids is 2. The zero-order chi connectivity index (χ0) is 19.6. The number of anilines is 1. The summed E-state index contributed by atoms with van der Waals surface area (Å²) in [5.41, 5.74) is 1.46. The number of amides is 2. The summed E-state index contributed by atoms with van der Waals surface area (Å²) >= 11 is 0. The van der Waals surface area contributed by atoms with E-state index in [1.165, 1.54) is 0 Å². The predicted molar refractivity (Wildman–Crippen MR) is 104 cm³/mol. The lowest BCUT2D eigenvalue weighted by molar-refractivity contribution is -0.135. The molecule has 0 aliphatic carbocycles. The maximum atomic E-state index is 12.8. The molecule has 144 valence electrons. The van der Waals surface area contributed by atoms with Gasteiger partial charge in [0.05, 0.1) is 18.2 Å². The van der Waals surface area contributed by atoms with Crippen molar-refractivity contribution in [2.24, 2.45) is 0 Å². The first-order valence-electron chi connectivity index (χ1n) is 9.16. The van der Waals surface area contributed by atoms with Gasteiger partial charge in [0.1, 0.15) is 12.4 Å². The van der Waals surface area contributed by atoms with Gasteiger partial charge in [0.25, 0.3) is 5.91 Å². The van der Waals surface area contributed by atoms with Gasteiger partial charge in [-0.15, -0.1) is 0 Å². The predicted octanol–water partition coefficient (Wildman–Crippen LogP) is 2.62. The highest BCUT2D eigenvalue weighted by Gasteiger charge is 2.30. The molecule has 0 saturated heterocycles. The molecule has 0 spiro atoms. The Bertz CT molecular complexity index is 662. The smallest absolute Gasteiger partial charge is 0.253 e. The molecule has 2 rings (SSSR count). The molecule has 1 aromatic carbocycles. The normalized spacial score (nSPS) is 16.3. The average molecular weight is 361 g/mol. The second-order valence-corrected chi connectivity index (χ2v) is 7.65. The van der Waals surface area contributed by atoms with E-state index in [2.05, 4.69) is 4.90 Å². The molecular weight excluding hydrogens is 330 g/mol. The van der Waals surface area contributed by atoms with Crippen LogP contribution >= 0.6 is 0 Å². The van der Waals surface area contributed by atoms with Crippen LogP contribution < -0.4 is 9.64 Å². The second-order valence-electron chi connectivity index (χ2n) is 7.65. The highest BCUT2D eigenvalue weighted by molar-refractivity contribution is 5.95. The van der Waals surface area contributed by atoms with Crippen molar-refractivity contribution in [3.05, 3.63) is 23.8 Å². The molecule has 26 heavy (non-hydrogen) atoms. The van der Waals surface area contributed by atoms with Crippen molar-refractivity contribution in [1.82, 2.24) is 9.80 Å². The van der Waals surface area contributed by atoms with Crippen LogP contribution in [-0.2, 0) is 4.79 Å². The quantitative estimate of drug-likeness (QED) is 0.809. The number of hydrogen-bond acceptors (Lipinski definition) is 4. The number of hydrogen-bond donors (Lipinski definition) is 0. The third-order valence-electron chi connectivity index (χ3n) is 4.78. The summed E-state index contributed by atoms with van der Waals surface area (Å²) in [6, 6.07) is 5.72. The minimum atomic E-state index is -0.0558. The lowest BCUT2D eigenvalue weighted by Crippen LogP contribution is -2.48. The van der Waals surface area contributed by atoms with Crippen LogP contribution in [0.2, 0.25) is 0 Å². The third-order valence-corrected chi connectivity index (χ3v) is 4.78. The summed E-state index contributed by atoms with van der Waals surface area (Å²) in [6.45, 7) is 8.60. The number of benzene rings is 1. The van der Waals surface area contributed by atoms with Crippen molar-refractivity contribution in [2.75, 3.05) is 32.6 Å². The molecule has 1 aliphatic heterocycles. The SMILES string of the molecule is CC(C)N(C(=O)C[C@H]1COc2ccc(C(=O)N(C)C)cc2N1C)C(C)C. The van der Waals surface area contributed by atoms with Crippen molar-refractivity contribution >= 4 is 17.5 Å². The van der Waals surface area contributed by atoms with Crippen molar-refractivity contribution in [3.8, 4) is 5.75 Å². The number of rotatable bonds is 5. The first-order chi connectivity index (χ1) is 12.1. The molecule has 1 heterocycles. The van der Waals surface area contributed by atoms with E-state index in [0.717, 1.165) is 11.4 Å². The molecule has 2 amide bonds. The van der Waals surface area contributed by atoms with Crippen LogP contribution in [0.1, 0.15) is 44.5 Å². The summed E-state index contributed by atoms with van der Waals surface area (Å²) in [5.74, 6) is 0.820. The van der Waals surface area contributed by atoms with E-state index in [4.69, 9.17) is 4.74 Å². The summed E-state index contributed by atoms with van der Waals surface area (Å²) in [7, 11) is 5.42. The van der Waals surface area contributed by atoms with Crippen LogP contribution in [0.25, 0.3) is 0 Å². The van der Waals surface area contributed by atoms with E-state index in [1.54, 1.807) is 25.1 Å². The van der Waals surface area contributed by atoms with Gasteiger partial charge in [-0.25, -0.2) is 0 Å². The van der Waals surface area contributed by atoms with Gasteiger partial charge in [-0.05, 0) is 45.9 Å². The Balaban J connectivity index is 2.20. The molecule has 6 heteroatoms. The van der Waals surface area contributed by atoms with E-state index < -0.39 is 0 Å². The van der Waals surface area contributed by atoms with Crippen LogP contribution in [0.5, 0.6) is 5.75 Å². The molecule has 0 saturated carbocycles. The molecule has 1 aliphatic rings. The van der Waals surface area contributed by atoms with Gasteiger partial charge in [-0.1, -0.05) is 0 Å². The zero-order valence-corrected chi connectivity index (χ0v) is 16.9. The van der Waals surface area contributed by atoms with E-state index in [0.29, 0.717) is 18.6 Å². The number of ether oxygens (including phenoxy) is 1. The molecule has 1 aromatic rings. The van der Waals surface area contributed by atoms with Gasteiger partial charge in [-0.2, -0.15) is 0 Å². The molecule has 0 radical (unpaired) electrons. The van der Waals surface area contributed by atoms with Gasteiger partial charge in [-0.3, -0.25) is 9.59 Å². The maximum Gasteiger partial charge on any atom is 0.253 e. The monoisotopic (exact) mass is 361 g/mol. The standard InChI is InChI=1S/C20H31N3O3/c1-13(2)23(14(3)4)19(24)11-16-12-26-18-9-8-15(20(25)21(5)6)10-17(18)22(16)7/h8-10,13-14,16H,11-12H2,1-7H3/t16-/m0/s1. The van der Waals surface area contributed by atoms with Crippen molar-refractivity contribution in [3.63, 3.8) is 0 Å². The maximum absolute atomic E-state index is 12.8. The second kappa shape index (κ2) is 7.98. The van der Waals surface area contributed by atoms with Crippen LogP contribution in [0.3, 0.4) is 0 Å². The highest BCUT2D eigenvalue weighted by atomic mass is 16.5. The fourth-order valence-corrected chi connectivity index (χ4v) is 3.48. The number of carbonyl (C=O) groups is 2. The van der Waals surface area contributed by atoms with Crippen LogP contribution in [0.15, 0.2) is 18.2 Å². The van der Waals surface area contributed by atoms with Crippen molar-refractivity contribution < 1.29 is 14.3 Å². The minimum absolute atomic E-state index is 0.0507. The van der Waals surface area contributed by atoms with E-state index in [9.17, 15) is 9.59 Å². The lowest BCUT2D eigenvalue weighted by Gasteiger charge is -2.38. The van der Waals surface area contributed by atoms with E-state index in [-0.39, 0.29) is 29.9 Å². The molecular formula is C20H31N3O3. The summed E-state index contributed by atoms with van der Waals surface area (Å²) in [6.07, 6.45) is 0.387. The first kappa shape index (κ1) is 20.1. The van der Waals surface area contributed by atoms with Gasteiger partial charge in [0.2, 0.25) is 5.91 Å². The van der Waals surface area contributed by atoms with Gasteiger partial charge in [0.15, 0.2) is 0 Å². The highest BCUT2D eigenvalue weighted by Crippen LogP contribution is 2.35. The minimum Gasteiger partial charge on any atom is -0.489 e. The molecule has 0 bridgehead atoms. The molecule has 0 aromatic heterocycles. The third kappa shape index (κ3) is 4.11. The largest absolute Gasteiger partial charge is 0.489 e. The fourth-order valence-electron chi connectivity index (χ4n) is 3.48.